The number of hydrogen-bond donors (Lipinski definition) is 0. The maximum absolute atomic E-state index is 6.93. The summed E-state index contributed by atoms with van der Waals surface area (Å²) in [5, 5.41) is 6.39. The molecule has 0 saturated heterocycles. The molecule has 0 aliphatic rings. The van der Waals surface area contributed by atoms with Gasteiger partial charge in [-0.2, -0.15) is 0 Å². The van der Waals surface area contributed by atoms with Crippen molar-refractivity contribution >= 4 is 65.7 Å². The molecule has 0 fully saturated rings. The van der Waals surface area contributed by atoms with Crippen LogP contribution in [0.3, 0.4) is 0 Å². The Morgan fingerprint density at radius 1 is 0.302 bits per heavy atom. The molecule has 4 heterocycles. The first-order valence-electron chi connectivity index (χ1n) is 21.1. The third kappa shape index (κ3) is 5.76. The van der Waals surface area contributed by atoms with Gasteiger partial charge in [-0.1, -0.05) is 140 Å². The van der Waals surface area contributed by atoms with Gasteiger partial charge in [-0.15, -0.1) is 0 Å². The number of benzene rings is 9. The van der Waals surface area contributed by atoms with Gasteiger partial charge in [0, 0.05) is 49.1 Å². The van der Waals surface area contributed by atoms with Gasteiger partial charge in [-0.3, -0.25) is 0 Å². The average Bonchev–Trinajstić information content (AvgIpc) is 4.03. The highest BCUT2D eigenvalue weighted by molar-refractivity contribution is 6.13. The van der Waals surface area contributed by atoms with Crippen LogP contribution in [0.15, 0.2) is 215 Å². The predicted molar refractivity (Wildman–Crippen MR) is 256 cm³/mol. The summed E-state index contributed by atoms with van der Waals surface area (Å²) in [5.41, 5.74) is 13.4. The van der Waals surface area contributed by atoms with Gasteiger partial charge in [-0.05, 0) is 89.0 Å². The van der Waals surface area contributed by atoms with Crippen LogP contribution in [0.25, 0.3) is 128 Å². The second-order valence-electron chi connectivity index (χ2n) is 16.0. The first-order valence-corrected chi connectivity index (χ1v) is 21.1. The maximum atomic E-state index is 6.93. The van der Waals surface area contributed by atoms with Crippen LogP contribution >= 0.6 is 0 Å². The average molecular weight is 807 g/mol. The van der Waals surface area contributed by atoms with Gasteiger partial charge in [0.05, 0.1) is 16.6 Å². The predicted octanol–water partition coefficient (Wildman–Crippen LogP) is 15.1. The molecule has 0 bridgehead atoms. The van der Waals surface area contributed by atoms with Gasteiger partial charge in [0.25, 0.3) is 0 Å². The second-order valence-corrected chi connectivity index (χ2v) is 16.0. The minimum Gasteiger partial charge on any atom is -0.456 e. The minimum absolute atomic E-state index is 0.512. The van der Waals surface area contributed by atoms with Crippen molar-refractivity contribution in [3.63, 3.8) is 0 Å². The Balaban J connectivity index is 1.08. The molecule has 0 radical (unpaired) electrons. The number of rotatable bonds is 6. The van der Waals surface area contributed by atoms with Gasteiger partial charge in [0.15, 0.2) is 17.5 Å². The standard InChI is InChI=1S/C57H34N4O2/c1-3-14-35(15-4-1)37-18-13-19-38(30-37)39-26-28-53-46(31-39)47-33-41(61-49-23-10-7-20-42(49)43-21-8-11-24-50(43)61)34-48(54(47)63-53)57-59-55(36-16-5-2-6-17-36)58-56(60-57)40-27-29-52-45(32-40)44-22-9-12-25-51(44)62-52/h1-34H. The number of fused-ring (bicyclic) bond motifs is 9. The Morgan fingerprint density at radius 2 is 0.810 bits per heavy atom. The molecule has 0 unspecified atom stereocenters. The molecule has 4 aromatic heterocycles. The van der Waals surface area contributed by atoms with E-state index in [0.29, 0.717) is 23.1 Å². The van der Waals surface area contributed by atoms with E-state index in [4.69, 9.17) is 23.8 Å². The maximum Gasteiger partial charge on any atom is 0.167 e. The number of hydrogen-bond acceptors (Lipinski definition) is 5. The van der Waals surface area contributed by atoms with Gasteiger partial charge in [0.2, 0.25) is 0 Å². The number of nitrogens with zero attached hydrogens (tertiary/aromatic N) is 4. The van der Waals surface area contributed by atoms with Crippen LogP contribution in [0.4, 0.5) is 0 Å². The van der Waals surface area contributed by atoms with E-state index >= 15 is 0 Å². The van der Waals surface area contributed by atoms with E-state index in [2.05, 4.69) is 150 Å². The molecule has 9 aromatic carbocycles. The van der Waals surface area contributed by atoms with Gasteiger partial charge < -0.3 is 13.4 Å². The van der Waals surface area contributed by atoms with Crippen molar-refractivity contribution < 1.29 is 8.83 Å². The quantitative estimate of drug-likeness (QED) is 0.167. The van der Waals surface area contributed by atoms with E-state index in [1.807, 2.05) is 60.7 Å². The van der Waals surface area contributed by atoms with Gasteiger partial charge >= 0.3 is 0 Å². The summed E-state index contributed by atoms with van der Waals surface area (Å²) >= 11 is 0. The molecule has 0 spiro atoms. The fourth-order valence-electron chi connectivity index (χ4n) is 9.25. The van der Waals surface area contributed by atoms with E-state index in [1.165, 1.54) is 21.9 Å². The van der Waals surface area contributed by atoms with Crippen LogP contribution in [0.2, 0.25) is 0 Å². The van der Waals surface area contributed by atoms with E-state index in [-0.39, 0.29) is 0 Å². The minimum atomic E-state index is 0.512. The first kappa shape index (κ1) is 35.2. The van der Waals surface area contributed by atoms with E-state index in [0.717, 1.165) is 82.8 Å². The molecule has 0 saturated carbocycles. The SMILES string of the molecule is c1ccc(-c2cccc(-c3ccc4oc5c(-c6nc(-c7ccccc7)nc(-c7ccc8oc9ccccc9c8c7)n6)cc(-n6c7ccccc7c7ccccc76)cc5c4c3)c2)cc1. The molecule has 13 aromatic rings. The van der Waals surface area contributed by atoms with Crippen LogP contribution < -0.4 is 0 Å². The van der Waals surface area contributed by atoms with E-state index in [1.54, 1.807) is 0 Å². The van der Waals surface area contributed by atoms with Crippen molar-refractivity contribution in [2.75, 3.05) is 0 Å². The lowest BCUT2D eigenvalue weighted by Gasteiger charge is -2.12. The first-order chi connectivity index (χ1) is 31.2. The van der Waals surface area contributed by atoms with Crippen LogP contribution in [0.5, 0.6) is 0 Å². The summed E-state index contributed by atoms with van der Waals surface area (Å²) in [7, 11) is 0. The van der Waals surface area contributed by atoms with Crippen molar-refractivity contribution in [1.29, 1.82) is 0 Å². The number of furan rings is 2. The largest absolute Gasteiger partial charge is 0.456 e. The lowest BCUT2D eigenvalue weighted by Crippen LogP contribution is -2.01. The molecular formula is C57H34N4O2. The van der Waals surface area contributed by atoms with Crippen LogP contribution in [0, 0.1) is 0 Å². The highest BCUT2D eigenvalue weighted by atomic mass is 16.3. The Hall–Kier alpha value is -8.61. The molecule has 0 N–H and O–H groups in total. The zero-order valence-electron chi connectivity index (χ0n) is 33.7. The lowest BCUT2D eigenvalue weighted by atomic mass is 9.97. The van der Waals surface area contributed by atoms with Crippen molar-refractivity contribution in [3.05, 3.63) is 206 Å². The molecule has 0 atom stereocenters. The Labute approximate surface area is 361 Å². The number of para-hydroxylation sites is 3. The molecule has 0 aliphatic heterocycles. The zero-order valence-corrected chi connectivity index (χ0v) is 33.7. The topological polar surface area (TPSA) is 69.9 Å². The monoisotopic (exact) mass is 806 g/mol. The van der Waals surface area contributed by atoms with Crippen LogP contribution in [-0.2, 0) is 0 Å². The van der Waals surface area contributed by atoms with E-state index in [9.17, 15) is 0 Å². The Bertz CT molecular complexity index is 3870. The molecule has 13 rings (SSSR count). The highest BCUT2D eigenvalue weighted by Gasteiger charge is 2.22. The lowest BCUT2D eigenvalue weighted by molar-refractivity contribution is 0.669. The fraction of sp³-hybridized carbons (Fsp3) is 0. The van der Waals surface area contributed by atoms with Gasteiger partial charge in [0.1, 0.15) is 22.3 Å². The molecule has 6 heteroatoms. The van der Waals surface area contributed by atoms with Crippen molar-refractivity contribution in [2.45, 2.75) is 0 Å². The number of aromatic nitrogens is 4. The Kier molecular flexibility index (Phi) is 7.80. The fourth-order valence-corrected chi connectivity index (χ4v) is 9.25. The smallest absolute Gasteiger partial charge is 0.167 e. The van der Waals surface area contributed by atoms with Crippen LogP contribution in [0.1, 0.15) is 0 Å². The molecule has 6 nitrogen and oxygen atoms in total. The van der Waals surface area contributed by atoms with Crippen molar-refractivity contribution in [1.82, 2.24) is 19.5 Å². The second kappa shape index (κ2) is 14.0. The Morgan fingerprint density at radius 3 is 1.56 bits per heavy atom. The third-order valence-electron chi connectivity index (χ3n) is 12.2. The van der Waals surface area contributed by atoms with Crippen LogP contribution in [-0.4, -0.2) is 19.5 Å². The summed E-state index contributed by atoms with van der Waals surface area (Å²) in [4.78, 5) is 15.7. The third-order valence-corrected chi connectivity index (χ3v) is 12.2. The summed E-state index contributed by atoms with van der Waals surface area (Å²) < 4.78 is 15.5. The normalized spacial score (nSPS) is 11.8. The summed E-state index contributed by atoms with van der Waals surface area (Å²) in [5.74, 6) is 1.64. The van der Waals surface area contributed by atoms with Crippen molar-refractivity contribution in [2.24, 2.45) is 0 Å². The molecular weight excluding hydrogens is 773 g/mol. The molecule has 0 aliphatic carbocycles. The molecule has 63 heavy (non-hydrogen) atoms. The summed E-state index contributed by atoms with van der Waals surface area (Å²) in [6.45, 7) is 0. The highest BCUT2D eigenvalue weighted by Crippen LogP contribution is 2.42. The van der Waals surface area contributed by atoms with Gasteiger partial charge in [-0.25, -0.2) is 15.0 Å². The van der Waals surface area contributed by atoms with Crippen molar-refractivity contribution in [3.8, 4) is 62.1 Å². The molecule has 294 valence electrons. The van der Waals surface area contributed by atoms with E-state index < -0.39 is 0 Å². The zero-order chi connectivity index (χ0) is 41.4. The molecule has 0 amide bonds. The summed E-state index contributed by atoms with van der Waals surface area (Å²) in [6, 6.07) is 71.7. The summed E-state index contributed by atoms with van der Waals surface area (Å²) in [6.07, 6.45) is 0.